The number of likely N-dealkylation sites (tertiary alicyclic amines) is 1. The third-order valence-corrected chi connectivity index (χ3v) is 7.02. The van der Waals surface area contributed by atoms with Crippen LogP contribution in [-0.4, -0.2) is 58.3 Å². The van der Waals surface area contributed by atoms with E-state index in [4.69, 9.17) is 34.3 Å². The molecule has 1 saturated heterocycles. The van der Waals surface area contributed by atoms with Crippen LogP contribution in [0, 0.1) is 23.2 Å². The van der Waals surface area contributed by atoms with Gasteiger partial charge >= 0.3 is 0 Å². The minimum atomic E-state index is -0.847. The van der Waals surface area contributed by atoms with Crippen molar-refractivity contribution in [3.05, 3.63) is 29.8 Å². The quantitative estimate of drug-likeness (QED) is 0.348. The Hall–Kier alpha value is -2.32. The Morgan fingerprint density at radius 1 is 1.27 bits per heavy atom. The van der Waals surface area contributed by atoms with Gasteiger partial charge in [-0.25, -0.2) is 0 Å². The van der Waals surface area contributed by atoms with Crippen molar-refractivity contribution < 1.29 is 14.4 Å². The van der Waals surface area contributed by atoms with Crippen molar-refractivity contribution in [2.75, 3.05) is 25.0 Å². The molecule has 0 aromatic heterocycles. The first-order chi connectivity index (χ1) is 14.2. The third kappa shape index (κ3) is 4.11. The molecule has 160 valence electrons. The van der Waals surface area contributed by atoms with Gasteiger partial charge in [0.15, 0.2) is 0 Å². The molecule has 4 atom stereocenters. The normalized spacial score (nSPS) is 27.7. The van der Waals surface area contributed by atoms with Crippen molar-refractivity contribution >= 4 is 52.3 Å². The second-order valence-corrected chi connectivity index (χ2v) is 9.74. The monoisotopic (exact) mass is 451 g/mol. The second kappa shape index (κ2) is 7.74. The van der Waals surface area contributed by atoms with Crippen LogP contribution >= 0.6 is 23.2 Å². The van der Waals surface area contributed by atoms with Crippen LogP contribution in [0.15, 0.2) is 24.3 Å². The summed E-state index contributed by atoms with van der Waals surface area (Å²) in [6.45, 7) is 0.907. The number of hydrogen-bond donors (Lipinski definition) is 4. The smallest absolute Gasteiger partial charge is 0.267 e. The molecule has 1 aromatic carbocycles. The topological polar surface area (TPSA) is 128 Å². The summed E-state index contributed by atoms with van der Waals surface area (Å²) >= 11 is 12.0. The number of anilines is 1. The average Bonchev–Trinajstić information content (AvgIpc) is 3.57. The molecule has 3 fully saturated rings. The molecular weight excluding hydrogens is 429 g/mol. The fourth-order valence-electron chi connectivity index (χ4n) is 4.14. The third-order valence-electron chi connectivity index (χ3n) is 6.09. The summed E-state index contributed by atoms with van der Waals surface area (Å²) in [6, 6.07) is 6.20. The first kappa shape index (κ1) is 20.9. The standard InChI is InChI=1S/C20H23Cl2N5O3/c21-20(22)6-11(20)7-26-19(30)17-13-5-10(13)9-27(17)15(28)8-25-14-4-2-1-3-12(14)16(23)18(24)29/h1-4,10-11,13,17,23,25H,5-9H2,(H2,24,29)(H,26,30)/t10-,11-,13-,17+/m1/s1. The zero-order valence-electron chi connectivity index (χ0n) is 16.2. The molecule has 5 N–H and O–H groups in total. The van der Waals surface area contributed by atoms with Crippen molar-refractivity contribution in [1.29, 1.82) is 5.41 Å². The molecule has 8 nitrogen and oxygen atoms in total. The molecule has 1 heterocycles. The highest BCUT2D eigenvalue weighted by Gasteiger charge is 2.57. The van der Waals surface area contributed by atoms with Gasteiger partial charge in [-0.2, -0.15) is 0 Å². The number of alkyl halides is 2. The number of piperidine rings is 1. The largest absolute Gasteiger partial charge is 0.376 e. The maximum atomic E-state index is 12.9. The minimum Gasteiger partial charge on any atom is -0.376 e. The Bertz CT molecular complexity index is 921. The van der Waals surface area contributed by atoms with Gasteiger partial charge in [0, 0.05) is 30.3 Å². The molecule has 1 aliphatic heterocycles. The van der Waals surface area contributed by atoms with Crippen molar-refractivity contribution in [3.8, 4) is 0 Å². The van der Waals surface area contributed by atoms with E-state index in [2.05, 4.69) is 10.6 Å². The maximum absolute atomic E-state index is 12.9. The van der Waals surface area contributed by atoms with Crippen LogP contribution in [0.4, 0.5) is 5.69 Å². The van der Waals surface area contributed by atoms with Crippen LogP contribution < -0.4 is 16.4 Å². The van der Waals surface area contributed by atoms with Crippen molar-refractivity contribution in [2.24, 2.45) is 23.5 Å². The fraction of sp³-hybridized carbons (Fsp3) is 0.500. The number of nitrogens with two attached hydrogens (primary N) is 1. The number of fused-ring (bicyclic) bond motifs is 1. The lowest BCUT2D eigenvalue weighted by Crippen LogP contribution is -2.50. The Kier molecular flexibility index (Phi) is 5.40. The molecule has 1 aromatic rings. The lowest BCUT2D eigenvalue weighted by Gasteiger charge is -2.27. The number of rotatable bonds is 8. The van der Waals surface area contributed by atoms with E-state index < -0.39 is 16.3 Å². The minimum absolute atomic E-state index is 0.0454. The molecular formula is C20H23Cl2N5O3. The predicted octanol–water partition coefficient (Wildman–Crippen LogP) is 1.11. The number of nitrogens with one attached hydrogen (secondary N) is 3. The van der Waals surface area contributed by atoms with E-state index in [-0.39, 0.29) is 35.9 Å². The number of carbonyl (C=O) groups excluding carboxylic acids is 3. The van der Waals surface area contributed by atoms with Crippen LogP contribution in [0.1, 0.15) is 18.4 Å². The lowest BCUT2D eigenvalue weighted by molar-refractivity contribution is -0.138. The molecule has 2 saturated carbocycles. The molecule has 3 aliphatic rings. The van der Waals surface area contributed by atoms with Gasteiger partial charge in [-0.15, -0.1) is 23.2 Å². The number of halogens is 2. The number of nitrogens with zero attached hydrogens (tertiary/aromatic N) is 1. The zero-order valence-corrected chi connectivity index (χ0v) is 17.7. The zero-order chi connectivity index (χ0) is 21.6. The summed E-state index contributed by atoms with van der Waals surface area (Å²) < 4.78 is -0.753. The van der Waals surface area contributed by atoms with Gasteiger partial charge < -0.3 is 21.3 Å². The first-order valence-electron chi connectivity index (χ1n) is 9.85. The SMILES string of the molecule is N=C(C(N)=O)c1ccccc1NCC(=O)N1C[C@H]2C[C@H]2[C@H]1C(=O)NC[C@H]1CC1(Cl)Cl. The molecule has 3 amide bonds. The number of benzene rings is 1. The van der Waals surface area contributed by atoms with Crippen molar-refractivity contribution in [1.82, 2.24) is 10.2 Å². The molecule has 4 rings (SSSR count). The lowest BCUT2D eigenvalue weighted by atomic mass is 10.1. The van der Waals surface area contributed by atoms with Crippen molar-refractivity contribution in [3.63, 3.8) is 0 Å². The molecule has 0 spiro atoms. The highest BCUT2D eigenvalue weighted by molar-refractivity contribution is 6.50. The van der Waals surface area contributed by atoms with E-state index in [0.717, 1.165) is 6.42 Å². The number of hydrogen-bond acceptors (Lipinski definition) is 5. The number of carbonyl (C=O) groups is 3. The molecule has 0 radical (unpaired) electrons. The summed E-state index contributed by atoms with van der Waals surface area (Å²) in [5.74, 6) is -0.621. The van der Waals surface area contributed by atoms with Gasteiger partial charge in [0.2, 0.25) is 11.8 Å². The summed E-state index contributed by atoms with van der Waals surface area (Å²) in [6.07, 6.45) is 1.60. The summed E-state index contributed by atoms with van der Waals surface area (Å²) in [5, 5.41) is 13.7. The molecule has 10 heteroatoms. The van der Waals surface area contributed by atoms with Gasteiger partial charge in [-0.3, -0.25) is 19.8 Å². The Labute approximate surface area is 183 Å². The second-order valence-electron chi connectivity index (χ2n) is 8.20. The predicted molar refractivity (Wildman–Crippen MR) is 114 cm³/mol. The number of primary amides is 1. The molecule has 2 aliphatic carbocycles. The maximum Gasteiger partial charge on any atom is 0.267 e. The van der Waals surface area contributed by atoms with Gasteiger partial charge in [-0.05, 0) is 30.7 Å². The van der Waals surface area contributed by atoms with E-state index in [1.165, 1.54) is 0 Å². The highest BCUT2D eigenvalue weighted by Crippen LogP contribution is 2.53. The summed E-state index contributed by atoms with van der Waals surface area (Å²) in [5.41, 5.74) is 5.67. The van der Waals surface area contributed by atoms with Gasteiger partial charge in [0.25, 0.3) is 5.91 Å². The van der Waals surface area contributed by atoms with E-state index in [1.807, 2.05) is 0 Å². The Morgan fingerprint density at radius 2 is 1.97 bits per heavy atom. The van der Waals surface area contributed by atoms with E-state index in [0.29, 0.717) is 36.7 Å². The average molecular weight is 452 g/mol. The van der Waals surface area contributed by atoms with E-state index in [9.17, 15) is 14.4 Å². The molecule has 0 bridgehead atoms. The Morgan fingerprint density at radius 3 is 2.63 bits per heavy atom. The van der Waals surface area contributed by atoms with E-state index >= 15 is 0 Å². The van der Waals surface area contributed by atoms with Gasteiger partial charge in [0.1, 0.15) is 16.1 Å². The summed E-state index contributed by atoms with van der Waals surface area (Å²) in [4.78, 5) is 38.6. The molecule has 0 unspecified atom stereocenters. The fourth-order valence-corrected chi connectivity index (χ4v) is 4.66. The number of amides is 3. The highest BCUT2D eigenvalue weighted by atomic mass is 35.5. The van der Waals surface area contributed by atoms with Crippen LogP contribution in [-0.2, 0) is 14.4 Å². The Balaban J connectivity index is 1.37. The van der Waals surface area contributed by atoms with Crippen LogP contribution in [0.25, 0.3) is 0 Å². The summed E-state index contributed by atoms with van der Waals surface area (Å²) in [7, 11) is 0. The van der Waals surface area contributed by atoms with E-state index in [1.54, 1.807) is 29.2 Å². The first-order valence-corrected chi connectivity index (χ1v) is 10.6. The van der Waals surface area contributed by atoms with Crippen LogP contribution in [0.3, 0.4) is 0 Å². The van der Waals surface area contributed by atoms with Gasteiger partial charge in [0.05, 0.1) is 6.54 Å². The molecule has 30 heavy (non-hydrogen) atoms. The van der Waals surface area contributed by atoms with Crippen LogP contribution in [0.5, 0.6) is 0 Å². The van der Waals surface area contributed by atoms with Gasteiger partial charge in [-0.1, -0.05) is 18.2 Å². The van der Waals surface area contributed by atoms with Crippen molar-refractivity contribution in [2.45, 2.75) is 23.2 Å². The van der Waals surface area contributed by atoms with Crippen LogP contribution in [0.2, 0.25) is 0 Å². The number of para-hydroxylation sites is 1.